The van der Waals surface area contributed by atoms with E-state index >= 15 is 0 Å². The van der Waals surface area contributed by atoms with Crippen LogP contribution in [0.5, 0.6) is 0 Å². The monoisotopic (exact) mass is 582 g/mol. The minimum absolute atomic E-state index is 0.0142. The predicted molar refractivity (Wildman–Crippen MR) is 140 cm³/mol. The fourth-order valence-electron chi connectivity index (χ4n) is 4.94. The van der Waals surface area contributed by atoms with Gasteiger partial charge in [0, 0.05) is 30.0 Å². The number of halogens is 5. The maximum atomic E-state index is 14.8. The largest absolute Gasteiger partial charge is 0.416 e. The Kier molecular flexibility index (Phi) is 7.73. The Morgan fingerprint density at radius 3 is 2.69 bits per heavy atom. The first-order valence-electron chi connectivity index (χ1n) is 12.1. The first-order chi connectivity index (χ1) is 18.5. The number of carbonyl (C=O) groups is 2. The van der Waals surface area contributed by atoms with E-state index in [4.69, 9.17) is 16.7 Å². The molecule has 1 N–H and O–H groups in total. The SMILES string of the molecule is O=C1S/C(=C\c2ccc3c(cnn3Cc3ccc(Cl)cc3C(F)(F)F)c2)C(=O)N1[C@H]1CCN(CCO)C[C@@H]1F. The summed E-state index contributed by atoms with van der Waals surface area (Å²) < 4.78 is 56.8. The third-order valence-corrected chi connectivity index (χ3v) is 7.94. The van der Waals surface area contributed by atoms with Gasteiger partial charge in [0.05, 0.1) is 41.4 Å². The second kappa shape index (κ2) is 10.9. The van der Waals surface area contributed by atoms with Crippen molar-refractivity contribution >= 4 is 51.5 Å². The number of fused-ring (bicyclic) bond motifs is 1. The first-order valence-corrected chi connectivity index (χ1v) is 13.3. The number of aromatic nitrogens is 2. The average molecular weight is 583 g/mol. The summed E-state index contributed by atoms with van der Waals surface area (Å²) in [7, 11) is 0. The molecule has 0 aliphatic carbocycles. The van der Waals surface area contributed by atoms with E-state index in [9.17, 15) is 27.2 Å². The number of nitrogens with zero attached hydrogens (tertiary/aromatic N) is 4. The zero-order chi connectivity index (χ0) is 27.9. The predicted octanol–water partition coefficient (Wildman–Crippen LogP) is 5.20. The van der Waals surface area contributed by atoms with Crippen molar-refractivity contribution in [2.75, 3.05) is 26.2 Å². The summed E-state index contributed by atoms with van der Waals surface area (Å²) >= 11 is 6.52. The fourth-order valence-corrected chi connectivity index (χ4v) is 6.00. The molecule has 3 aromatic rings. The van der Waals surface area contributed by atoms with Gasteiger partial charge in [0.25, 0.3) is 11.1 Å². The summed E-state index contributed by atoms with van der Waals surface area (Å²) in [6.45, 7) is 0.605. The lowest BCUT2D eigenvalue weighted by atomic mass is 10.0. The van der Waals surface area contributed by atoms with Crippen molar-refractivity contribution in [2.24, 2.45) is 0 Å². The van der Waals surface area contributed by atoms with Crippen molar-refractivity contribution in [3.8, 4) is 0 Å². The molecule has 7 nitrogen and oxygen atoms in total. The van der Waals surface area contributed by atoms with Crippen LogP contribution in [0.25, 0.3) is 17.0 Å². The molecule has 0 saturated carbocycles. The Morgan fingerprint density at radius 1 is 1.18 bits per heavy atom. The average Bonchev–Trinajstić information content (AvgIpc) is 3.39. The standard InChI is InChI=1S/C26H23ClF4N4O3S/c27-18-3-2-16(19(11-18)26(29,30)31)13-34-21-4-1-15(9-17(21)12-32-34)10-23-24(37)35(25(38)39-23)22-5-6-33(7-8-36)14-20(22)28/h1-4,9-12,20,22,36H,5-8,13-14H2/b23-10-/t20-,22-/m0/s1. The Morgan fingerprint density at radius 2 is 1.97 bits per heavy atom. The van der Waals surface area contributed by atoms with Gasteiger partial charge in [-0.1, -0.05) is 23.7 Å². The lowest BCUT2D eigenvalue weighted by Crippen LogP contribution is -2.54. The zero-order valence-corrected chi connectivity index (χ0v) is 21.9. The van der Waals surface area contributed by atoms with Gasteiger partial charge in [-0.25, -0.2) is 4.39 Å². The zero-order valence-electron chi connectivity index (χ0n) is 20.4. The highest BCUT2D eigenvalue weighted by Crippen LogP contribution is 2.37. The molecule has 2 aromatic carbocycles. The molecule has 39 heavy (non-hydrogen) atoms. The van der Waals surface area contributed by atoms with Crippen LogP contribution in [0.3, 0.4) is 0 Å². The van der Waals surface area contributed by atoms with Crippen molar-refractivity contribution < 1.29 is 32.3 Å². The molecule has 5 rings (SSSR count). The Labute approximate surface area is 230 Å². The minimum Gasteiger partial charge on any atom is -0.395 e. The molecule has 1 aromatic heterocycles. The minimum atomic E-state index is -4.57. The second-order valence-corrected chi connectivity index (χ2v) is 10.8. The molecule has 2 saturated heterocycles. The Bertz CT molecular complexity index is 1460. The molecule has 206 valence electrons. The summed E-state index contributed by atoms with van der Waals surface area (Å²) in [6, 6.07) is 7.80. The highest BCUT2D eigenvalue weighted by atomic mass is 35.5. The quantitative estimate of drug-likeness (QED) is 0.318. The number of thioether (sulfide) groups is 1. The number of piperidine rings is 1. The summed E-state index contributed by atoms with van der Waals surface area (Å²) in [4.78, 5) is 28.6. The van der Waals surface area contributed by atoms with Gasteiger partial charge in [-0.05, 0) is 59.7 Å². The number of carbonyl (C=O) groups excluding carboxylic acids is 2. The van der Waals surface area contributed by atoms with Gasteiger partial charge in [0.2, 0.25) is 0 Å². The van der Waals surface area contributed by atoms with Crippen LogP contribution in [-0.2, 0) is 17.5 Å². The number of hydrogen-bond donors (Lipinski definition) is 1. The van der Waals surface area contributed by atoms with E-state index < -0.39 is 35.1 Å². The lowest BCUT2D eigenvalue weighted by Gasteiger charge is -2.37. The van der Waals surface area contributed by atoms with E-state index in [2.05, 4.69) is 5.10 Å². The van der Waals surface area contributed by atoms with E-state index in [1.54, 1.807) is 23.1 Å². The summed E-state index contributed by atoms with van der Waals surface area (Å²) in [5.74, 6) is -0.563. The van der Waals surface area contributed by atoms with Gasteiger partial charge in [-0.2, -0.15) is 18.3 Å². The number of hydrogen-bond acceptors (Lipinski definition) is 6. The van der Waals surface area contributed by atoms with Crippen LogP contribution in [0.4, 0.5) is 22.4 Å². The molecule has 0 unspecified atom stereocenters. The van der Waals surface area contributed by atoms with E-state index in [1.165, 1.54) is 29.1 Å². The number of β-amino-alcohol motifs (C(OH)–C–C–N with tert-alkyl or cyclic N) is 1. The van der Waals surface area contributed by atoms with Crippen LogP contribution < -0.4 is 0 Å². The van der Waals surface area contributed by atoms with Crippen molar-refractivity contribution in [3.05, 3.63) is 69.2 Å². The van der Waals surface area contributed by atoms with Crippen LogP contribution in [-0.4, -0.2) is 74.3 Å². The molecule has 3 heterocycles. The van der Waals surface area contributed by atoms with Crippen molar-refractivity contribution in [2.45, 2.75) is 31.4 Å². The smallest absolute Gasteiger partial charge is 0.395 e. The van der Waals surface area contributed by atoms with E-state index in [0.29, 0.717) is 29.6 Å². The summed E-state index contributed by atoms with van der Waals surface area (Å²) in [5.41, 5.74) is 0.353. The number of alkyl halides is 4. The van der Waals surface area contributed by atoms with Crippen LogP contribution in [0, 0.1) is 0 Å². The molecule has 2 aliphatic rings. The van der Waals surface area contributed by atoms with Crippen LogP contribution in [0.2, 0.25) is 5.02 Å². The number of rotatable bonds is 6. The van der Waals surface area contributed by atoms with Gasteiger partial charge in [0.15, 0.2) is 0 Å². The number of aliphatic hydroxyl groups excluding tert-OH is 1. The first kappa shape index (κ1) is 27.6. The maximum absolute atomic E-state index is 14.8. The molecular formula is C26H23ClF4N4O3S. The second-order valence-electron chi connectivity index (χ2n) is 9.37. The molecule has 2 amide bonds. The third kappa shape index (κ3) is 5.69. The highest BCUT2D eigenvalue weighted by molar-refractivity contribution is 8.18. The number of imide groups is 1. The molecule has 2 fully saturated rings. The maximum Gasteiger partial charge on any atom is 0.416 e. The van der Waals surface area contributed by atoms with Crippen molar-refractivity contribution in [3.63, 3.8) is 0 Å². The molecule has 0 radical (unpaired) electrons. The molecule has 0 spiro atoms. The van der Waals surface area contributed by atoms with Crippen LogP contribution in [0.1, 0.15) is 23.1 Å². The van der Waals surface area contributed by atoms with Crippen LogP contribution >= 0.6 is 23.4 Å². The molecule has 2 aliphatic heterocycles. The summed E-state index contributed by atoms with van der Waals surface area (Å²) in [6.07, 6.45) is -2.66. The number of aliphatic hydroxyl groups is 1. The van der Waals surface area contributed by atoms with E-state index in [1.807, 2.05) is 0 Å². The van der Waals surface area contributed by atoms with Gasteiger partial charge in [-0.15, -0.1) is 0 Å². The van der Waals surface area contributed by atoms with Gasteiger partial charge in [-0.3, -0.25) is 24.1 Å². The Balaban J connectivity index is 1.35. The third-order valence-electron chi connectivity index (χ3n) is 6.82. The number of likely N-dealkylation sites (tertiary alicyclic amines) is 1. The molecular weight excluding hydrogens is 560 g/mol. The van der Waals surface area contributed by atoms with E-state index in [0.717, 1.165) is 22.7 Å². The topological polar surface area (TPSA) is 78.7 Å². The lowest BCUT2D eigenvalue weighted by molar-refractivity contribution is -0.138. The Hall–Kier alpha value is -2.93. The van der Waals surface area contributed by atoms with Gasteiger partial charge in [0.1, 0.15) is 6.17 Å². The van der Waals surface area contributed by atoms with Gasteiger partial charge < -0.3 is 5.11 Å². The number of benzene rings is 2. The summed E-state index contributed by atoms with van der Waals surface area (Å²) in [5, 5.41) is 13.4. The highest BCUT2D eigenvalue weighted by Gasteiger charge is 2.45. The van der Waals surface area contributed by atoms with Crippen molar-refractivity contribution in [1.82, 2.24) is 19.6 Å². The number of amides is 2. The van der Waals surface area contributed by atoms with Crippen LogP contribution in [0.15, 0.2) is 47.5 Å². The normalized spacial score (nSPS) is 22.0. The van der Waals surface area contributed by atoms with Crippen molar-refractivity contribution in [1.29, 1.82) is 0 Å². The molecule has 2 atom stereocenters. The molecule has 0 bridgehead atoms. The molecule has 13 heteroatoms. The fraction of sp³-hybridized carbons (Fsp3) is 0.346. The van der Waals surface area contributed by atoms with Gasteiger partial charge >= 0.3 is 6.18 Å². The van der Waals surface area contributed by atoms with E-state index in [-0.39, 0.29) is 41.6 Å².